The molecule has 4 aromatic rings. The Labute approximate surface area is 304 Å². The van der Waals surface area contributed by atoms with E-state index >= 15 is 0 Å². The number of methoxy groups -OCH3 is 2. The first-order valence-electron chi connectivity index (χ1n) is 16.5. The lowest BCUT2D eigenvalue weighted by molar-refractivity contribution is -0.200. The van der Waals surface area contributed by atoms with Crippen LogP contribution in [0.2, 0.25) is 0 Å². The van der Waals surface area contributed by atoms with Crippen LogP contribution >= 0.6 is 0 Å². The number of esters is 2. The topological polar surface area (TPSA) is 163 Å². The van der Waals surface area contributed by atoms with Crippen LogP contribution in [0, 0.1) is 17.6 Å². The molecule has 3 amide bonds. The second-order valence-corrected chi connectivity index (χ2v) is 11.6. The summed E-state index contributed by atoms with van der Waals surface area (Å²) in [6.45, 7) is 1.04. The molecule has 0 aliphatic carbocycles. The van der Waals surface area contributed by atoms with E-state index in [0.717, 1.165) is 22.8 Å². The van der Waals surface area contributed by atoms with Gasteiger partial charge in [0.25, 0.3) is 5.91 Å². The number of nitrogens with zero attached hydrogens (tertiary/aromatic N) is 1. The van der Waals surface area contributed by atoms with Crippen molar-refractivity contribution in [1.29, 1.82) is 0 Å². The first kappa shape index (κ1) is 39.7. The Morgan fingerprint density at radius 3 is 2.38 bits per heavy atom. The van der Waals surface area contributed by atoms with E-state index in [2.05, 4.69) is 15.4 Å². The molecule has 4 rings (SSSR count). The van der Waals surface area contributed by atoms with Crippen LogP contribution in [-0.2, 0) is 41.7 Å². The maximum atomic E-state index is 14.5. The fourth-order valence-electron chi connectivity index (χ4n) is 5.41. The average molecular weight is 736 g/mol. The smallest absolute Gasteiger partial charge is 0.343 e. The number of carbonyl (C=O) groups excluding carboxylic acids is 5. The van der Waals surface area contributed by atoms with Gasteiger partial charge in [0.15, 0.2) is 12.4 Å². The zero-order chi connectivity index (χ0) is 38.3. The van der Waals surface area contributed by atoms with Gasteiger partial charge in [-0.25, -0.2) is 23.4 Å². The van der Waals surface area contributed by atoms with Crippen molar-refractivity contribution in [3.8, 4) is 17.1 Å². The van der Waals surface area contributed by atoms with Crippen molar-refractivity contribution in [2.45, 2.75) is 38.8 Å². The summed E-state index contributed by atoms with van der Waals surface area (Å²) in [5, 5.41) is 6.24. The number of furan rings is 1. The van der Waals surface area contributed by atoms with Crippen molar-refractivity contribution in [2.24, 2.45) is 5.92 Å². The number of hydrogen-bond donors (Lipinski definition) is 2. The zero-order valence-electron chi connectivity index (χ0n) is 29.3. The minimum absolute atomic E-state index is 0.0419. The Kier molecular flexibility index (Phi) is 14.6. The van der Waals surface area contributed by atoms with Crippen molar-refractivity contribution in [1.82, 2.24) is 15.7 Å². The molecule has 53 heavy (non-hydrogen) atoms. The van der Waals surface area contributed by atoms with Gasteiger partial charge in [0.1, 0.15) is 29.8 Å². The quantitative estimate of drug-likeness (QED) is 0.0581. The Morgan fingerprint density at radius 2 is 1.70 bits per heavy atom. The molecule has 1 heterocycles. The number of rotatable bonds is 19. The fraction of sp³-hybridized carbons (Fsp3) is 0.289. The van der Waals surface area contributed by atoms with Crippen LogP contribution in [0.4, 0.5) is 8.78 Å². The van der Waals surface area contributed by atoms with E-state index in [0.29, 0.717) is 12.0 Å². The predicted octanol–water partition coefficient (Wildman–Crippen LogP) is 4.98. The molecule has 2 atom stereocenters. The number of amides is 3. The van der Waals surface area contributed by atoms with Gasteiger partial charge in [-0.2, -0.15) is 0 Å². The normalized spacial score (nSPS) is 11.9. The molecule has 1 aromatic heterocycles. The van der Waals surface area contributed by atoms with E-state index in [4.69, 9.17) is 18.7 Å². The van der Waals surface area contributed by atoms with E-state index in [1.165, 1.54) is 50.6 Å². The highest BCUT2D eigenvalue weighted by Gasteiger charge is 2.32. The lowest BCUT2D eigenvalue weighted by atomic mass is 9.89. The van der Waals surface area contributed by atoms with Crippen LogP contribution in [0.5, 0.6) is 5.75 Å². The summed E-state index contributed by atoms with van der Waals surface area (Å²) in [4.78, 5) is 68.5. The molecular formula is C38H39F2N3O10. The Balaban J connectivity index is 1.46. The van der Waals surface area contributed by atoms with Crippen molar-refractivity contribution in [3.63, 3.8) is 0 Å². The zero-order valence-corrected chi connectivity index (χ0v) is 29.3. The number of hydrogen-bond acceptors (Lipinski definition) is 10. The standard InChI is InChI=1S/C38H39F2N3O10/c1-4-32(43(23-44)52-20-24-8-6-5-7-9-24)30(13-11-25-10-12-28(39)19-31(25)40)36(46)41-22-42-37(47)34-15-14-33(53-34)26-16-27(38(48)50-3)18-29(17-26)51-21-35(45)49-2/h5-10,12,14-19,23,30,32H,4,11,13,20-22H2,1-3H3,(H,41,46)(H,42,47)/t30-,32-/m1/s1. The molecular weight excluding hydrogens is 696 g/mol. The largest absolute Gasteiger partial charge is 0.482 e. The Hall–Kier alpha value is -6.09. The lowest BCUT2D eigenvalue weighted by Gasteiger charge is -2.32. The molecule has 0 aliphatic heterocycles. The summed E-state index contributed by atoms with van der Waals surface area (Å²) in [6, 6.07) is 18.6. The monoisotopic (exact) mass is 735 g/mol. The van der Waals surface area contributed by atoms with E-state index in [-0.39, 0.29) is 60.9 Å². The summed E-state index contributed by atoms with van der Waals surface area (Å²) < 4.78 is 48.6. The van der Waals surface area contributed by atoms with E-state index in [1.54, 1.807) is 6.92 Å². The Morgan fingerprint density at radius 1 is 0.925 bits per heavy atom. The molecule has 15 heteroatoms. The van der Waals surface area contributed by atoms with Gasteiger partial charge in [-0.1, -0.05) is 43.3 Å². The number of hydroxylamine groups is 2. The Bertz CT molecular complexity index is 1880. The third kappa shape index (κ3) is 11.2. The maximum Gasteiger partial charge on any atom is 0.343 e. The minimum atomic E-state index is -0.935. The average Bonchev–Trinajstić information content (AvgIpc) is 3.68. The first-order chi connectivity index (χ1) is 25.6. The number of halogens is 2. The van der Waals surface area contributed by atoms with Crippen LogP contribution in [0.1, 0.15) is 51.8 Å². The molecule has 0 bridgehead atoms. The van der Waals surface area contributed by atoms with Crippen LogP contribution in [0.25, 0.3) is 11.3 Å². The van der Waals surface area contributed by atoms with Crippen molar-refractivity contribution in [2.75, 3.05) is 27.5 Å². The van der Waals surface area contributed by atoms with Crippen LogP contribution in [0.15, 0.2) is 83.3 Å². The highest BCUT2D eigenvalue weighted by Crippen LogP contribution is 2.29. The molecule has 280 valence electrons. The van der Waals surface area contributed by atoms with Gasteiger partial charge < -0.3 is 29.3 Å². The highest BCUT2D eigenvalue weighted by molar-refractivity contribution is 5.93. The van der Waals surface area contributed by atoms with Gasteiger partial charge in [-0.05, 0) is 66.8 Å². The number of ether oxygens (including phenoxy) is 3. The van der Waals surface area contributed by atoms with Crippen molar-refractivity contribution < 1.29 is 56.2 Å². The fourth-order valence-corrected chi connectivity index (χ4v) is 5.41. The van der Waals surface area contributed by atoms with E-state index < -0.39 is 54.0 Å². The predicted molar refractivity (Wildman–Crippen MR) is 185 cm³/mol. The van der Waals surface area contributed by atoms with Gasteiger partial charge >= 0.3 is 11.9 Å². The van der Waals surface area contributed by atoms with E-state index in [1.807, 2.05) is 30.3 Å². The van der Waals surface area contributed by atoms with Gasteiger partial charge in [-0.3, -0.25) is 19.2 Å². The molecule has 0 unspecified atom stereocenters. The van der Waals surface area contributed by atoms with E-state index in [9.17, 15) is 32.8 Å². The van der Waals surface area contributed by atoms with Crippen molar-refractivity contribution in [3.05, 3.63) is 113 Å². The minimum Gasteiger partial charge on any atom is -0.482 e. The lowest BCUT2D eigenvalue weighted by Crippen LogP contribution is -2.48. The molecule has 0 fully saturated rings. The van der Waals surface area contributed by atoms with Gasteiger partial charge in [-0.15, -0.1) is 0 Å². The van der Waals surface area contributed by atoms with Gasteiger partial charge in [0, 0.05) is 11.6 Å². The molecule has 3 aromatic carbocycles. The van der Waals surface area contributed by atoms with Crippen LogP contribution in [0.3, 0.4) is 0 Å². The molecule has 2 N–H and O–H groups in total. The maximum absolute atomic E-state index is 14.5. The van der Waals surface area contributed by atoms with Crippen LogP contribution in [-0.4, -0.2) is 68.8 Å². The summed E-state index contributed by atoms with van der Waals surface area (Å²) in [5.41, 5.74) is 1.40. The third-order valence-corrected chi connectivity index (χ3v) is 8.15. The second-order valence-electron chi connectivity index (χ2n) is 11.6. The molecule has 0 radical (unpaired) electrons. The second kappa shape index (κ2) is 19.5. The van der Waals surface area contributed by atoms with Gasteiger partial charge in [0.2, 0.25) is 12.3 Å². The third-order valence-electron chi connectivity index (χ3n) is 8.15. The van der Waals surface area contributed by atoms with Crippen LogP contribution < -0.4 is 15.4 Å². The van der Waals surface area contributed by atoms with Gasteiger partial charge in [0.05, 0.1) is 38.4 Å². The molecule has 0 spiro atoms. The SMILES string of the molecule is CC[C@H]([C@@H](CCc1ccc(F)cc1F)C(=O)NCNC(=O)c1ccc(-c2cc(OCC(=O)OC)cc(C(=O)OC)c2)o1)N(C=O)OCc1ccccc1. The highest BCUT2D eigenvalue weighted by atomic mass is 19.1. The van der Waals surface area contributed by atoms with Crippen molar-refractivity contribution >= 4 is 30.2 Å². The summed E-state index contributed by atoms with van der Waals surface area (Å²) in [6.07, 6.45) is 0.852. The molecule has 0 saturated carbocycles. The number of carbonyl (C=O) groups is 5. The number of aryl methyl sites for hydroxylation is 1. The molecule has 0 saturated heterocycles. The number of nitrogens with one attached hydrogen (secondary N) is 2. The first-order valence-corrected chi connectivity index (χ1v) is 16.5. The molecule has 0 aliphatic rings. The summed E-state index contributed by atoms with van der Waals surface area (Å²) in [5.74, 6) is -4.84. The summed E-state index contributed by atoms with van der Waals surface area (Å²) >= 11 is 0. The molecule has 13 nitrogen and oxygen atoms in total. The number of benzene rings is 3. The summed E-state index contributed by atoms with van der Waals surface area (Å²) in [7, 11) is 2.40.